The fraction of sp³-hybridized carbons (Fsp3) is 0.200. The lowest BCUT2D eigenvalue weighted by Gasteiger charge is -2.28. The quantitative estimate of drug-likeness (QED) is 0.767. The second-order valence-corrected chi connectivity index (χ2v) is 5.77. The van der Waals surface area contributed by atoms with Gasteiger partial charge in [0.15, 0.2) is 0 Å². The third-order valence-electron chi connectivity index (χ3n) is 4.54. The highest BCUT2D eigenvalue weighted by Gasteiger charge is 2.22. The molecule has 110 valence electrons. The maximum Gasteiger partial charge on any atom is 0.119 e. The zero-order valence-electron chi connectivity index (χ0n) is 12.7. The average Bonchev–Trinajstić information content (AvgIpc) is 2.60. The van der Waals surface area contributed by atoms with Gasteiger partial charge in [0.05, 0.1) is 13.2 Å². The minimum atomic E-state index is 0.251. The Morgan fingerprint density at radius 1 is 0.955 bits per heavy atom. The van der Waals surface area contributed by atoms with Crippen molar-refractivity contribution in [1.82, 2.24) is 5.32 Å². The van der Waals surface area contributed by atoms with Crippen LogP contribution in [0.4, 0.5) is 0 Å². The Morgan fingerprint density at radius 3 is 2.73 bits per heavy atom. The third kappa shape index (κ3) is 2.16. The number of ether oxygens (including phenoxy) is 1. The summed E-state index contributed by atoms with van der Waals surface area (Å²) in [5, 5.41) is 6.30. The number of hydrogen-bond acceptors (Lipinski definition) is 2. The van der Waals surface area contributed by atoms with Crippen molar-refractivity contribution in [3.63, 3.8) is 0 Å². The summed E-state index contributed by atoms with van der Waals surface area (Å²) in [6.45, 7) is 0.994. The van der Waals surface area contributed by atoms with Gasteiger partial charge in [-0.2, -0.15) is 0 Å². The largest absolute Gasteiger partial charge is 0.497 e. The molecule has 3 aromatic carbocycles. The fourth-order valence-corrected chi connectivity index (χ4v) is 3.45. The summed E-state index contributed by atoms with van der Waals surface area (Å²) >= 11 is 0. The van der Waals surface area contributed by atoms with E-state index in [0.717, 1.165) is 18.7 Å². The summed E-state index contributed by atoms with van der Waals surface area (Å²) < 4.78 is 5.37. The molecule has 0 amide bonds. The maximum absolute atomic E-state index is 5.37. The van der Waals surface area contributed by atoms with E-state index in [1.165, 1.54) is 27.5 Å². The number of methoxy groups -OCH3 is 1. The molecule has 22 heavy (non-hydrogen) atoms. The first-order chi connectivity index (χ1) is 10.9. The van der Waals surface area contributed by atoms with Gasteiger partial charge in [-0.05, 0) is 46.0 Å². The maximum atomic E-state index is 5.37. The first kappa shape index (κ1) is 13.4. The lowest BCUT2D eigenvalue weighted by molar-refractivity contribution is 0.413. The number of nitrogens with one attached hydrogen (secondary N) is 1. The molecule has 0 aromatic heterocycles. The highest BCUT2D eigenvalue weighted by Crippen LogP contribution is 2.34. The van der Waals surface area contributed by atoms with Crippen LogP contribution in [0.15, 0.2) is 60.7 Å². The van der Waals surface area contributed by atoms with Gasteiger partial charge in [-0.3, -0.25) is 0 Å². The molecule has 0 radical (unpaired) electrons. The fourth-order valence-electron chi connectivity index (χ4n) is 3.45. The van der Waals surface area contributed by atoms with Crippen LogP contribution in [0.5, 0.6) is 5.75 Å². The van der Waals surface area contributed by atoms with Gasteiger partial charge in [0, 0.05) is 6.54 Å². The Morgan fingerprint density at radius 2 is 1.82 bits per heavy atom. The van der Waals surface area contributed by atoms with Crippen molar-refractivity contribution >= 4 is 10.8 Å². The molecule has 0 saturated carbocycles. The number of rotatable bonds is 2. The second-order valence-electron chi connectivity index (χ2n) is 5.77. The molecule has 0 saturated heterocycles. The Balaban J connectivity index is 1.87. The average molecular weight is 289 g/mol. The topological polar surface area (TPSA) is 21.3 Å². The van der Waals surface area contributed by atoms with Crippen LogP contribution in [0.2, 0.25) is 0 Å². The molecule has 3 aromatic rings. The number of hydrogen-bond donors (Lipinski definition) is 1. The van der Waals surface area contributed by atoms with Crippen LogP contribution in [0.1, 0.15) is 22.7 Å². The van der Waals surface area contributed by atoms with Crippen LogP contribution in [0, 0.1) is 0 Å². The van der Waals surface area contributed by atoms with Gasteiger partial charge < -0.3 is 10.1 Å². The zero-order valence-corrected chi connectivity index (χ0v) is 12.7. The second kappa shape index (κ2) is 5.47. The molecule has 0 spiro atoms. The molecule has 0 fully saturated rings. The van der Waals surface area contributed by atoms with Gasteiger partial charge in [0.1, 0.15) is 5.75 Å². The van der Waals surface area contributed by atoms with E-state index in [9.17, 15) is 0 Å². The summed E-state index contributed by atoms with van der Waals surface area (Å²) in [4.78, 5) is 0. The van der Waals surface area contributed by atoms with Gasteiger partial charge in [0.2, 0.25) is 0 Å². The van der Waals surface area contributed by atoms with E-state index in [2.05, 4.69) is 66.0 Å². The predicted octanol–water partition coefficient (Wildman–Crippen LogP) is 4.08. The van der Waals surface area contributed by atoms with Crippen molar-refractivity contribution in [3.8, 4) is 5.75 Å². The Bertz CT molecular complexity index is 820. The monoisotopic (exact) mass is 289 g/mol. The van der Waals surface area contributed by atoms with E-state index in [0.29, 0.717) is 0 Å². The molecule has 1 N–H and O–H groups in total. The van der Waals surface area contributed by atoms with Crippen LogP contribution >= 0.6 is 0 Å². The molecule has 0 aliphatic carbocycles. The number of fused-ring (bicyclic) bond motifs is 2. The van der Waals surface area contributed by atoms with Gasteiger partial charge in [-0.1, -0.05) is 48.5 Å². The van der Waals surface area contributed by atoms with Crippen LogP contribution < -0.4 is 10.1 Å². The lowest BCUT2D eigenvalue weighted by atomic mass is 9.87. The summed E-state index contributed by atoms with van der Waals surface area (Å²) in [6.07, 6.45) is 1.05. The first-order valence-electron chi connectivity index (χ1n) is 7.74. The van der Waals surface area contributed by atoms with E-state index in [-0.39, 0.29) is 6.04 Å². The van der Waals surface area contributed by atoms with E-state index in [4.69, 9.17) is 4.74 Å². The van der Waals surface area contributed by atoms with Crippen LogP contribution in [0.25, 0.3) is 10.8 Å². The van der Waals surface area contributed by atoms with Gasteiger partial charge in [-0.25, -0.2) is 0 Å². The van der Waals surface area contributed by atoms with Crippen molar-refractivity contribution in [1.29, 1.82) is 0 Å². The Kier molecular flexibility index (Phi) is 3.32. The molecule has 1 heterocycles. The summed E-state index contributed by atoms with van der Waals surface area (Å²) in [7, 11) is 1.73. The molecule has 1 unspecified atom stereocenters. The minimum Gasteiger partial charge on any atom is -0.497 e. The molecule has 2 nitrogen and oxygen atoms in total. The summed E-state index contributed by atoms with van der Waals surface area (Å²) in [6, 6.07) is 21.8. The molecular formula is C20H19NO. The SMILES string of the molecule is COc1ccc2c(c1)CCNC2c1cccc2ccccc12. The zero-order chi connectivity index (χ0) is 14.9. The van der Waals surface area contributed by atoms with E-state index in [1.807, 2.05) is 0 Å². The van der Waals surface area contributed by atoms with E-state index in [1.54, 1.807) is 7.11 Å². The predicted molar refractivity (Wildman–Crippen MR) is 90.5 cm³/mol. The van der Waals surface area contributed by atoms with Gasteiger partial charge >= 0.3 is 0 Å². The Hall–Kier alpha value is -2.32. The normalized spacial score (nSPS) is 17.2. The molecular weight excluding hydrogens is 270 g/mol. The first-order valence-corrected chi connectivity index (χ1v) is 7.74. The Labute approximate surface area is 130 Å². The minimum absolute atomic E-state index is 0.251. The summed E-state index contributed by atoms with van der Waals surface area (Å²) in [5.41, 5.74) is 4.10. The van der Waals surface area contributed by atoms with E-state index < -0.39 is 0 Å². The van der Waals surface area contributed by atoms with E-state index >= 15 is 0 Å². The molecule has 0 bridgehead atoms. The van der Waals surface area contributed by atoms with Gasteiger partial charge in [0.25, 0.3) is 0 Å². The summed E-state index contributed by atoms with van der Waals surface area (Å²) in [5.74, 6) is 0.942. The molecule has 1 atom stereocenters. The standard InChI is InChI=1S/C20H19NO/c1-22-16-9-10-18-15(13-16)11-12-21-20(18)19-8-4-6-14-5-2-3-7-17(14)19/h2-10,13,20-21H,11-12H2,1H3. The van der Waals surface area contributed by atoms with Crippen molar-refractivity contribution < 1.29 is 4.74 Å². The lowest BCUT2D eigenvalue weighted by Crippen LogP contribution is -2.30. The highest BCUT2D eigenvalue weighted by molar-refractivity contribution is 5.86. The van der Waals surface area contributed by atoms with Gasteiger partial charge in [-0.15, -0.1) is 0 Å². The van der Waals surface area contributed by atoms with Crippen molar-refractivity contribution in [2.45, 2.75) is 12.5 Å². The van der Waals surface area contributed by atoms with Crippen LogP contribution in [-0.4, -0.2) is 13.7 Å². The smallest absolute Gasteiger partial charge is 0.119 e. The van der Waals surface area contributed by atoms with Crippen molar-refractivity contribution in [2.75, 3.05) is 13.7 Å². The van der Waals surface area contributed by atoms with Crippen molar-refractivity contribution in [2.24, 2.45) is 0 Å². The van der Waals surface area contributed by atoms with Crippen LogP contribution in [0.3, 0.4) is 0 Å². The molecule has 2 heteroatoms. The molecule has 4 rings (SSSR count). The van der Waals surface area contributed by atoms with Crippen molar-refractivity contribution in [3.05, 3.63) is 77.4 Å². The number of benzene rings is 3. The van der Waals surface area contributed by atoms with Crippen LogP contribution in [-0.2, 0) is 6.42 Å². The molecule has 1 aliphatic rings. The molecule has 1 aliphatic heterocycles. The third-order valence-corrected chi connectivity index (χ3v) is 4.54. The highest BCUT2D eigenvalue weighted by atomic mass is 16.5.